The molecule has 0 saturated carbocycles. The fourth-order valence-corrected chi connectivity index (χ4v) is 2.05. The lowest BCUT2D eigenvalue weighted by Crippen LogP contribution is -2.29. The van der Waals surface area contributed by atoms with Gasteiger partial charge >= 0.3 is 0 Å². The lowest BCUT2D eigenvalue weighted by atomic mass is 9.93. The Morgan fingerprint density at radius 3 is 2.73 bits per heavy atom. The molecule has 1 aromatic rings. The predicted octanol–water partition coefficient (Wildman–Crippen LogP) is 2.92. The van der Waals surface area contributed by atoms with Crippen molar-refractivity contribution in [2.45, 2.75) is 46.1 Å². The second-order valence-electron chi connectivity index (χ2n) is 4.28. The van der Waals surface area contributed by atoms with Gasteiger partial charge < -0.3 is 4.42 Å². The molecule has 0 radical (unpaired) electrons. The largest absolute Gasteiger partial charge is 0.469 e. The summed E-state index contributed by atoms with van der Waals surface area (Å²) in [7, 11) is 0. The zero-order valence-corrected chi connectivity index (χ0v) is 9.92. The van der Waals surface area contributed by atoms with Gasteiger partial charge in [-0.05, 0) is 25.3 Å². The predicted molar refractivity (Wildman–Crippen MR) is 62.2 cm³/mol. The number of hydrogen-bond acceptors (Lipinski definition) is 3. The van der Waals surface area contributed by atoms with Crippen LogP contribution in [0, 0.1) is 12.8 Å². The average molecular weight is 210 g/mol. The van der Waals surface area contributed by atoms with Crippen molar-refractivity contribution < 1.29 is 4.42 Å². The Balaban J connectivity index is 2.60. The maximum Gasteiger partial charge on any atom is 0.105 e. The maximum absolute atomic E-state index is 5.59. The van der Waals surface area contributed by atoms with E-state index in [0.29, 0.717) is 5.92 Å². The third-order valence-corrected chi connectivity index (χ3v) is 2.90. The summed E-state index contributed by atoms with van der Waals surface area (Å²) in [6.07, 6.45) is 5.25. The fraction of sp³-hybridized carbons (Fsp3) is 0.667. The molecular weight excluding hydrogens is 188 g/mol. The Labute approximate surface area is 92.0 Å². The fourth-order valence-electron chi connectivity index (χ4n) is 2.05. The minimum absolute atomic E-state index is 0.213. The summed E-state index contributed by atoms with van der Waals surface area (Å²) < 4.78 is 5.29. The zero-order valence-electron chi connectivity index (χ0n) is 9.92. The van der Waals surface area contributed by atoms with Crippen LogP contribution in [0.5, 0.6) is 0 Å². The first-order valence-electron chi connectivity index (χ1n) is 5.69. The van der Waals surface area contributed by atoms with Crippen molar-refractivity contribution in [3.8, 4) is 0 Å². The second kappa shape index (κ2) is 5.93. The standard InChI is InChI=1S/C12H22N2O/c1-4-5-9(2)8-12(14-13)11-6-7-15-10(11)3/h6-7,9,12,14H,4-5,8,13H2,1-3H3. The molecule has 1 heterocycles. The first-order chi connectivity index (χ1) is 7.19. The van der Waals surface area contributed by atoms with Crippen molar-refractivity contribution in [1.82, 2.24) is 5.43 Å². The Bertz CT molecular complexity index is 283. The van der Waals surface area contributed by atoms with E-state index in [2.05, 4.69) is 19.3 Å². The van der Waals surface area contributed by atoms with E-state index >= 15 is 0 Å². The molecule has 2 unspecified atom stereocenters. The van der Waals surface area contributed by atoms with Crippen LogP contribution >= 0.6 is 0 Å². The van der Waals surface area contributed by atoms with E-state index in [-0.39, 0.29) is 6.04 Å². The van der Waals surface area contributed by atoms with Crippen LogP contribution in [0.3, 0.4) is 0 Å². The van der Waals surface area contributed by atoms with Crippen molar-refractivity contribution in [1.29, 1.82) is 0 Å². The summed E-state index contributed by atoms with van der Waals surface area (Å²) >= 11 is 0. The molecule has 1 aromatic heterocycles. The van der Waals surface area contributed by atoms with Gasteiger partial charge in [-0.25, -0.2) is 0 Å². The van der Waals surface area contributed by atoms with Crippen molar-refractivity contribution in [3.63, 3.8) is 0 Å². The van der Waals surface area contributed by atoms with E-state index in [1.54, 1.807) is 6.26 Å². The highest BCUT2D eigenvalue weighted by Gasteiger charge is 2.16. The molecule has 3 N–H and O–H groups in total. The molecule has 0 fully saturated rings. The topological polar surface area (TPSA) is 51.2 Å². The molecule has 3 heteroatoms. The highest BCUT2D eigenvalue weighted by molar-refractivity contribution is 5.19. The number of aryl methyl sites for hydroxylation is 1. The maximum atomic E-state index is 5.59. The van der Waals surface area contributed by atoms with Gasteiger partial charge in [0, 0.05) is 11.6 Å². The van der Waals surface area contributed by atoms with E-state index in [0.717, 1.165) is 12.2 Å². The monoisotopic (exact) mass is 210 g/mol. The van der Waals surface area contributed by atoms with Crippen LogP contribution in [-0.4, -0.2) is 0 Å². The van der Waals surface area contributed by atoms with Gasteiger partial charge in [-0.15, -0.1) is 0 Å². The molecule has 0 aromatic carbocycles. The Hall–Kier alpha value is -0.800. The summed E-state index contributed by atoms with van der Waals surface area (Å²) in [5.74, 6) is 7.23. The second-order valence-corrected chi connectivity index (χ2v) is 4.28. The van der Waals surface area contributed by atoms with Crippen LogP contribution in [0.15, 0.2) is 16.7 Å². The van der Waals surface area contributed by atoms with Gasteiger partial charge in [0.15, 0.2) is 0 Å². The van der Waals surface area contributed by atoms with Crippen molar-refractivity contribution in [2.24, 2.45) is 11.8 Å². The van der Waals surface area contributed by atoms with Gasteiger partial charge in [0.2, 0.25) is 0 Å². The van der Waals surface area contributed by atoms with Gasteiger partial charge in [-0.2, -0.15) is 0 Å². The molecule has 2 atom stereocenters. The molecule has 0 aliphatic heterocycles. The Morgan fingerprint density at radius 2 is 2.27 bits per heavy atom. The molecule has 0 amide bonds. The van der Waals surface area contributed by atoms with Crippen molar-refractivity contribution in [2.75, 3.05) is 0 Å². The average Bonchev–Trinajstić information content (AvgIpc) is 2.61. The first kappa shape index (κ1) is 12.3. The highest BCUT2D eigenvalue weighted by atomic mass is 16.3. The van der Waals surface area contributed by atoms with Gasteiger partial charge in [-0.1, -0.05) is 26.7 Å². The summed E-state index contributed by atoms with van der Waals surface area (Å²) in [5, 5.41) is 0. The van der Waals surface area contributed by atoms with Gasteiger partial charge in [-0.3, -0.25) is 11.3 Å². The number of rotatable bonds is 6. The molecule has 15 heavy (non-hydrogen) atoms. The van der Waals surface area contributed by atoms with E-state index in [4.69, 9.17) is 10.3 Å². The number of hydrazine groups is 1. The van der Waals surface area contributed by atoms with Gasteiger partial charge in [0.25, 0.3) is 0 Å². The van der Waals surface area contributed by atoms with Gasteiger partial charge in [0.05, 0.1) is 6.26 Å². The lowest BCUT2D eigenvalue weighted by molar-refractivity contribution is 0.389. The Kier molecular flexibility index (Phi) is 4.85. The SMILES string of the molecule is CCCC(C)CC(NN)c1ccoc1C. The molecule has 3 nitrogen and oxygen atoms in total. The third kappa shape index (κ3) is 3.36. The van der Waals surface area contributed by atoms with E-state index < -0.39 is 0 Å². The summed E-state index contributed by atoms with van der Waals surface area (Å²) in [4.78, 5) is 0. The summed E-state index contributed by atoms with van der Waals surface area (Å²) in [6.45, 7) is 6.46. The lowest BCUT2D eigenvalue weighted by Gasteiger charge is -2.19. The zero-order chi connectivity index (χ0) is 11.3. The van der Waals surface area contributed by atoms with Crippen LogP contribution in [-0.2, 0) is 0 Å². The smallest absolute Gasteiger partial charge is 0.105 e. The van der Waals surface area contributed by atoms with E-state index in [1.807, 2.05) is 13.0 Å². The molecule has 86 valence electrons. The first-order valence-corrected chi connectivity index (χ1v) is 5.69. The minimum atomic E-state index is 0.213. The molecule has 0 aliphatic carbocycles. The highest BCUT2D eigenvalue weighted by Crippen LogP contribution is 2.26. The molecule has 1 rings (SSSR count). The van der Waals surface area contributed by atoms with Crippen LogP contribution in [0.4, 0.5) is 0 Å². The van der Waals surface area contributed by atoms with Gasteiger partial charge in [0.1, 0.15) is 5.76 Å². The molecule has 0 spiro atoms. The van der Waals surface area contributed by atoms with Crippen molar-refractivity contribution in [3.05, 3.63) is 23.7 Å². The van der Waals surface area contributed by atoms with Crippen LogP contribution < -0.4 is 11.3 Å². The number of nitrogens with two attached hydrogens (primary N) is 1. The molecule has 0 saturated heterocycles. The Morgan fingerprint density at radius 1 is 1.53 bits per heavy atom. The number of nitrogens with one attached hydrogen (secondary N) is 1. The molecule has 0 aliphatic rings. The van der Waals surface area contributed by atoms with Crippen LogP contribution in [0.2, 0.25) is 0 Å². The number of hydrogen-bond donors (Lipinski definition) is 2. The molecular formula is C12H22N2O. The van der Waals surface area contributed by atoms with E-state index in [1.165, 1.54) is 18.4 Å². The van der Waals surface area contributed by atoms with Crippen LogP contribution in [0.1, 0.15) is 50.5 Å². The summed E-state index contributed by atoms with van der Waals surface area (Å²) in [5.41, 5.74) is 4.06. The van der Waals surface area contributed by atoms with Crippen LogP contribution in [0.25, 0.3) is 0 Å². The van der Waals surface area contributed by atoms with E-state index in [9.17, 15) is 0 Å². The quantitative estimate of drug-likeness (QED) is 0.560. The summed E-state index contributed by atoms with van der Waals surface area (Å²) in [6, 6.07) is 2.21. The normalized spacial score (nSPS) is 15.2. The third-order valence-electron chi connectivity index (χ3n) is 2.90. The number of furan rings is 1. The molecule has 0 bridgehead atoms. The minimum Gasteiger partial charge on any atom is -0.469 e. The van der Waals surface area contributed by atoms with Crippen molar-refractivity contribution >= 4 is 0 Å².